The molecule has 2 atom stereocenters. The third-order valence-corrected chi connectivity index (χ3v) is 6.11. The third kappa shape index (κ3) is 5.41. The van der Waals surface area contributed by atoms with Gasteiger partial charge in [0, 0.05) is 25.2 Å². The van der Waals surface area contributed by atoms with Gasteiger partial charge in [0.25, 0.3) is 5.91 Å². The largest absolute Gasteiger partial charge is 0.444 e. The summed E-state index contributed by atoms with van der Waals surface area (Å²) in [5.41, 5.74) is 2.73. The number of thiophene rings is 1. The van der Waals surface area contributed by atoms with Gasteiger partial charge in [-0.3, -0.25) is 9.59 Å². The lowest BCUT2D eigenvalue weighted by atomic mass is 10.1. The molecule has 3 heterocycles. The number of amides is 2. The second kappa shape index (κ2) is 10.1. The van der Waals surface area contributed by atoms with Gasteiger partial charge >= 0.3 is 0 Å². The molecule has 32 heavy (non-hydrogen) atoms. The summed E-state index contributed by atoms with van der Waals surface area (Å²) in [6.45, 7) is 0.714. The van der Waals surface area contributed by atoms with Crippen molar-refractivity contribution >= 4 is 23.2 Å². The van der Waals surface area contributed by atoms with Gasteiger partial charge in [0.1, 0.15) is 18.5 Å². The maximum Gasteiger partial charge on any atom is 0.275 e. The van der Waals surface area contributed by atoms with Crippen molar-refractivity contribution in [1.29, 1.82) is 0 Å². The van der Waals surface area contributed by atoms with Crippen LogP contribution in [0.4, 0.5) is 4.39 Å². The Morgan fingerprint density at radius 1 is 1.25 bits per heavy atom. The van der Waals surface area contributed by atoms with Crippen LogP contribution >= 0.6 is 11.3 Å². The highest BCUT2D eigenvalue weighted by atomic mass is 32.1. The molecule has 4 rings (SSSR count). The van der Waals surface area contributed by atoms with E-state index in [1.54, 1.807) is 11.3 Å². The van der Waals surface area contributed by atoms with E-state index in [0.717, 1.165) is 11.1 Å². The monoisotopic (exact) mass is 457 g/mol. The van der Waals surface area contributed by atoms with Crippen LogP contribution in [0.1, 0.15) is 34.5 Å². The first-order valence-corrected chi connectivity index (χ1v) is 11.4. The van der Waals surface area contributed by atoms with E-state index in [9.17, 15) is 19.1 Å². The molecule has 2 aromatic heterocycles. The van der Waals surface area contributed by atoms with Gasteiger partial charge in [-0.25, -0.2) is 9.37 Å². The van der Waals surface area contributed by atoms with Crippen molar-refractivity contribution in [3.63, 3.8) is 0 Å². The van der Waals surface area contributed by atoms with Gasteiger partial charge < -0.3 is 19.7 Å². The molecule has 1 saturated heterocycles. The number of nitrogens with one attached hydrogen (secondary N) is 1. The number of benzene rings is 1. The van der Waals surface area contributed by atoms with Gasteiger partial charge in [0.05, 0.1) is 6.42 Å². The summed E-state index contributed by atoms with van der Waals surface area (Å²) in [5.74, 6) is -0.140. The Morgan fingerprint density at radius 2 is 2.06 bits per heavy atom. The standard InChI is InChI=1S/C23H24FN3O4S/c24-18-2-1-8-27(12-20(18)28)23(30)19-13-31-22(26-19)17-5-3-15(4-6-17)11-25-21(29)10-16-7-9-32-14-16/h3-7,9,13-14,18,20,28H,1-2,8,10-12H2,(H,25,29)/t18-,20-/m1/s1. The topological polar surface area (TPSA) is 95.7 Å². The van der Waals surface area contributed by atoms with Crippen molar-refractivity contribution in [2.45, 2.75) is 38.1 Å². The number of halogens is 1. The number of β-amino-alcohol motifs (C(OH)–C–C–N with tert-alkyl or cyclic N) is 1. The number of hydrogen-bond acceptors (Lipinski definition) is 6. The van der Waals surface area contributed by atoms with E-state index in [1.807, 2.05) is 41.1 Å². The fraction of sp³-hybridized carbons (Fsp3) is 0.348. The van der Waals surface area contributed by atoms with Gasteiger partial charge in [-0.1, -0.05) is 12.1 Å². The fourth-order valence-electron chi connectivity index (χ4n) is 3.56. The van der Waals surface area contributed by atoms with E-state index in [-0.39, 0.29) is 24.6 Å². The molecule has 1 aliphatic rings. The van der Waals surface area contributed by atoms with Crippen LogP contribution in [0.25, 0.3) is 11.5 Å². The maximum absolute atomic E-state index is 13.7. The number of likely N-dealkylation sites (tertiary alicyclic amines) is 1. The number of oxazole rings is 1. The summed E-state index contributed by atoms with van der Waals surface area (Å²) in [7, 11) is 0. The summed E-state index contributed by atoms with van der Waals surface area (Å²) < 4.78 is 19.1. The van der Waals surface area contributed by atoms with Gasteiger partial charge in [0.15, 0.2) is 5.69 Å². The van der Waals surface area contributed by atoms with Crippen molar-refractivity contribution in [3.05, 3.63) is 64.2 Å². The van der Waals surface area contributed by atoms with Crippen molar-refractivity contribution in [2.75, 3.05) is 13.1 Å². The SMILES string of the molecule is O=C(Cc1ccsc1)NCc1ccc(-c2nc(C(=O)N3CCC[C@@H](F)[C@H](O)C3)co2)cc1. The van der Waals surface area contributed by atoms with Crippen molar-refractivity contribution < 1.29 is 23.5 Å². The minimum Gasteiger partial charge on any atom is -0.444 e. The van der Waals surface area contributed by atoms with Crippen molar-refractivity contribution in [3.8, 4) is 11.5 Å². The molecule has 168 valence electrons. The predicted octanol–water partition coefficient (Wildman–Crippen LogP) is 3.20. The quantitative estimate of drug-likeness (QED) is 0.593. The molecule has 7 nitrogen and oxygen atoms in total. The number of alkyl halides is 1. The van der Waals surface area contributed by atoms with E-state index in [2.05, 4.69) is 10.3 Å². The Hall–Kier alpha value is -3.04. The first kappa shape index (κ1) is 22.2. The second-order valence-corrected chi connectivity index (χ2v) is 8.58. The van der Waals surface area contributed by atoms with Gasteiger partial charge in [-0.15, -0.1) is 0 Å². The minimum atomic E-state index is -1.32. The second-order valence-electron chi connectivity index (χ2n) is 7.80. The van der Waals surface area contributed by atoms with Crippen LogP contribution in [-0.2, 0) is 17.8 Å². The Morgan fingerprint density at radius 3 is 2.81 bits per heavy atom. The van der Waals surface area contributed by atoms with Crippen LogP contribution < -0.4 is 5.32 Å². The van der Waals surface area contributed by atoms with Gasteiger partial charge in [-0.2, -0.15) is 11.3 Å². The number of carbonyl (C=O) groups is 2. The lowest BCUT2D eigenvalue weighted by Crippen LogP contribution is -2.38. The molecule has 9 heteroatoms. The Balaban J connectivity index is 1.34. The van der Waals surface area contributed by atoms with Crippen LogP contribution in [0.2, 0.25) is 0 Å². The highest BCUT2D eigenvalue weighted by molar-refractivity contribution is 7.08. The van der Waals surface area contributed by atoms with Crippen molar-refractivity contribution in [1.82, 2.24) is 15.2 Å². The number of rotatable bonds is 6. The molecule has 0 spiro atoms. The van der Waals surface area contributed by atoms with E-state index in [4.69, 9.17) is 4.42 Å². The van der Waals surface area contributed by atoms with Crippen LogP contribution in [-0.4, -0.2) is 52.2 Å². The Labute approximate surface area is 188 Å². The molecule has 1 fully saturated rings. The van der Waals surface area contributed by atoms with E-state index in [0.29, 0.717) is 37.4 Å². The maximum atomic E-state index is 13.7. The number of nitrogens with zero attached hydrogens (tertiary/aromatic N) is 2. The fourth-order valence-corrected chi connectivity index (χ4v) is 4.23. The zero-order valence-corrected chi connectivity index (χ0v) is 18.2. The molecular weight excluding hydrogens is 433 g/mol. The number of hydrogen-bond donors (Lipinski definition) is 2. The molecule has 3 aromatic rings. The average Bonchev–Trinajstić information content (AvgIpc) is 3.46. The lowest BCUT2D eigenvalue weighted by molar-refractivity contribution is -0.120. The first-order valence-electron chi connectivity index (χ1n) is 10.4. The van der Waals surface area contributed by atoms with Gasteiger partial charge in [-0.05, 0) is 52.9 Å². The summed E-state index contributed by atoms with van der Waals surface area (Å²) >= 11 is 1.56. The molecule has 2 N–H and O–H groups in total. The Bertz CT molecular complexity index is 1050. The van der Waals surface area contributed by atoms with Crippen LogP contribution in [0, 0.1) is 0 Å². The van der Waals surface area contributed by atoms with Crippen LogP contribution in [0.15, 0.2) is 51.8 Å². The normalized spacial score (nSPS) is 18.9. The van der Waals surface area contributed by atoms with E-state index < -0.39 is 18.2 Å². The predicted molar refractivity (Wildman–Crippen MR) is 118 cm³/mol. The van der Waals surface area contributed by atoms with E-state index >= 15 is 0 Å². The molecule has 1 aliphatic heterocycles. The molecule has 1 aromatic carbocycles. The van der Waals surface area contributed by atoms with Gasteiger partial charge in [0.2, 0.25) is 11.8 Å². The number of aliphatic hydroxyl groups excluding tert-OH is 1. The summed E-state index contributed by atoms with van der Waals surface area (Å²) in [4.78, 5) is 30.4. The summed E-state index contributed by atoms with van der Waals surface area (Å²) in [5, 5.41) is 16.6. The first-order chi connectivity index (χ1) is 15.5. The highest BCUT2D eigenvalue weighted by Gasteiger charge is 2.29. The van der Waals surface area contributed by atoms with Crippen molar-refractivity contribution in [2.24, 2.45) is 0 Å². The molecule has 0 radical (unpaired) electrons. The molecule has 2 amide bonds. The van der Waals surface area contributed by atoms with Crippen LogP contribution in [0.5, 0.6) is 0 Å². The summed E-state index contributed by atoms with van der Waals surface area (Å²) in [6, 6.07) is 9.27. The lowest BCUT2D eigenvalue weighted by Gasteiger charge is -2.21. The smallest absolute Gasteiger partial charge is 0.275 e. The average molecular weight is 458 g/mol. The Kier molecular flexibility index (Phi) is 6.96. The zero-order chi connectivity index (χ0) is 22.5. The number of aliphatic hydroxyl groups is 1. The highest BCUT2D eigenvalue weighted by Crippen LogP contribution is 2.22. The molecule has 0 bridgehead atoms. The number of aromatic nitrogens is 1. The molecule has 0 unspecified atom stereocenters. The molecular formula is C23H24FN3O4S. The molecule has 0 aliphatic carbocycles. The number of carbonyl (C=O) groups excluding carboxylic acids is 2. The zero-order valence-electron chi connectivity index (χ0n) is 17.4. The van der Waals surface area contributed by atoms with Crippen LogP contribution in [0.3, 0.4) is 0 Å². The van der Waals surface area contributed by atoms with E-state index in [1.165, 1.54) is 11.2 Å². The molecule has 0 saturated carbocycles. The third-order valence-electron chi connectivity index (χ3n) is 5.38. The summed E-state index contributed by atoms with van der Waals surface area (Å²) in [6.07, 6.45) is -0.157. The minimum absolute atomic E-state index is 0.0407.